The molecule has 0 spiro atoms. The quantitative estimate of drug-likeness (QED) is 0.774. The lowest BCUT2D eigenvalue weighted by Gasteiger charge is -2.09. The second kappa shape index (κ2) is 7.48. The molecule has 0 saturated carbocycles. The van der Waals surface area contributed by atoms with E-state index < -0.39 is 5.82 Å². The number of benzene rings is 1. The lowest BCUT2D eigenvalue weighted by Crippen LogP contribution is -2.15. The smallest absolute Gasteiger partial charge is 0.230 e. The van der Waals surface area contributed by atoms with Gasteiger partial charge in [0.1, 0.15) is 23.7 Å². The second-order valence-electron chi connectivity index (χ2n) is 5.22. The number of halogens is 1. The van der Waals surface area contributed by atoms with Gasteiger partial charge in [0.15, 0.2) is 0 Å². The van der Waals surface area contributed by atoms with Gasteiger partial charge in [0.25, 0.3) is 0 Å². The van der Waals surface area contributed by atoms with Crippen molar-refractivity contribution in [2.75, 3.05) is 12.4 Å². The molecule has 2 heterocycles. The molecule has 25 heavy (non-hydrogen) atoms. The summed E-state index contributed by atoms with van der Waals surface area (Å²) in [5.41, 5.74) is 1.92. The first-order chi connectivity index (χ1) is 12.2. The lowest BCUT2D eigenvalue weighted by atomic mass is 10.1. The summed E-state index contributed by atoms with van der Waals surface area (Å²) in [6.07, 6.45) is 4.80. The Morgan fingerprint density at radius 2 is 2.12 bits per heavy atom. The number of amides is 1. The van der Waals surface area contributed by atoms with E-state index in [0.717, 1.165) is 5.56 Å². The number of pyridine rings is 1. The number of carbonyl (C=O) groups excluding carboxylic acids is 1. The Kier molecular flexibility index (Phi) is 4.94. The number of rotatable bonds is 5. The normalized spacial score (nSPS) is 10.3. The molecule has 6 nitrogen and oxygen atoms in total. The first-order valence-electron chi connectivity index (χ1n) is 7.50. The molecule has 1 amide bonds. The lowest BCUT2D eigenvalue weighted by molar-refractivity contribution is -0.115. The van der Waals surface area contributed by atoms with Crippen molar-refractivity contribution in [3.8, 4) is 17.0 Å². The fraction of sp³-hybridized carbons (Fsp3) is 0.111. The number of hydrogen-bond acceptors (Lipinski definition) is 5. The molecule has 7 heteroatoms. The van der Waals surface area contributed by atoms with Crippen LogP contribution in [-0.2, 0) is 11.2 Å². The molecular weight excluding hydrogens is 323 g/mol. The Labute approximate surface area is 143 Å². The Balaban J connectivity index is 1.79. The number of aromatic nitrogens is 3. The van der Waals surface area contributed by atoms with Crippen LogP contribution in [0.2, 0.25) is 0 Å². The standard InChI is InChI=1S/C18H15FN4O2/c1-25-16-8-13(19)4-5-14(16)15-9-17(22-11-21-15)23-18(24)7-12-3-2-6-20-10-12/h2-6,8-11H,7H2,1H3,(H,21,22,23,24). The molecule has 0 unspecified atom stereocenters. The van der Waals surface area contributed by atoms with E-state index in [4.69, 9.17) is 4.74 Å². The van der Waals surface area contributed by atoms with Crippen molar-refractivity contribution in [3.63, 3.8) is 0 Å². The molecule has 0 atom stereocenters. The monoisotopic (exact) mass is 338 g/mol. The molecule has 0 aliphatic rings. The van der Waals surface area contributed by atoms with E-state index in [9.17, 15) is 9.18 Å². The van der Waals surface area contributed by atoms with Crippen LogP contribution in [-0.4, -0.2) is 28.0 Å². The maximum atomic E-state index is 13.3. The molecule has 0 radical (unpaired) electrons. The summed E-state index contributed by atoms with van der Waals surface area (Å²) >= 11 is 0. The minimum absolute atomic E-state index is 0.188. The van der Waals surface area contributed by atoms with Crippen LogP contribution >= 0.6 is 0 Å². The summed E-state index contributed by atoms with van der Waals surface area (Å²) in [4.78, 5) is 24.3. The minimum atomic E-state index is -0.403. The van der Waals surface area contributed by atoms with Gasteiger partial charge in [-0.3, -0.25) is 9.78 Å². The van der Waals surface area contributed by atoms with E-state index in [2.05, 4.69) is 20.3 Å². The molecule has 0 aliphatic heterocycles. The van der Waals surface area contributed by atoms with Gasteiger partial charge in [-0.25, -0.2) is 14.4 Å². The average molecular weight is 338 g/mol. The number of hydrogen-bond donors (Lipinski definition) is 1. The number of carbonyl (C=O) groups is 1. The van der Waals surface area contributed by atoms with Gasteiger partial charge in [-0.05, 0) is 23.8 Å². The molecule has 0 fully saturated rings. The van der Waals surface area contributed by atoms with E-state index in [0.29, 0.717) is 22.8 Å². The van der Waals surface area contributed by atoms with E-state index in [1.807, 2.05) is 6.07 Å². The zero-order chi connectivity index (χ0) is 17.6. The van der Waals surface area contributed by atoms with Crippen molar-refractivity contribution >= 4 is 11.7 Å². The topological polar surface area (TPSA) is 77.0 Å². The Hall–Kier alpha value is -3.35. The van der Waals surface area contributed by atoms with Crippen molar-refractivity contribution < 1.29 is 13.9 Å². The molecule has 0 bridgehead atoms. The summed E-state index contributed by atoms with van der Waals surface area (Å²) in [5.74, 6) is 0.0833. The predicted molar refractivity (Wildman–Crippen MR) is 90.5 cm³/mol. The highest BCUT2D eigenvalue weighted by Crippen LogP contribution is 2.29. The van der Waals surface area contributed by atoms with Crippen LogP contribution in [0.5, 0.6) is 5.75 Å². The van der Waals surface area contributed by atoms with Gasteiger partial charge in [-0.2, -0.15) is 0 Å². The van der Waals surface area contributed by atoms with Gasteiger partial charge in [-0.1, -0.05) is 6.07 Å². The summed E-state index contributed by atoms with van der Waals surface area (Å²) in [5, 5.41) is 2.72. The van der Waals surface area contributed by atoms with Gasteiger partial charge < -0.3 is 10.1 Å². The van der Waals surface area contributed by atoms with Crippen molar-refractivity contribution in [2.24, 2.45) is 0 Å². The minimum Gasteiger partial charge on any atom is -0.496 e. The first-order valence-corrected chi connectivity index (χ1v) is 7.50. The Morgan fingerprint density at radius 1 is 1.24 bits per heavy atom. The highest BCUT2D eigenvalue weighted by atomic mass is 19.1. The van der Waals surface area contributed by atoms with Gasteiger partial charge in [0.05, 0.1) is 19.2 Å². The Morgan fingerprint density at radius 3 is 2.88 bits per heavy atom. The van der Waals surface area contributed by atoms with Crippen LogP contribution in [0, 0.1) is 5.82 Å². The van der Waals surface area contributed by atoms with Crippen LogP contribution < -0.4 is 10.1 Å². The number of anilines is 1. The average Bonchev–Trinajstić information content (AvgIpc) is 2.62. The fourth-order valence-electron chi connectivity index (χ4n) is 2.32. The van der Waals surface area contributed by atoms with Gasteiger partial charge in [0.2, 0.25) is 5.91 Å². The van der Waals surface area contributed by atoms with Crippen LogP contribution in [0.15, 0.2) is 55.1 Å². The van der Waals surface area contributed by atoms with Crippen LogP contribution in [0.1, 0.15) is 5.56 Å². The van der Waals surface area contributed by atoms with Crippen molar-refractivity contribution in [1.29, 1.82) is 0 Å². The zero-order valence-corrected chi connectivity index (χ0v) is 13.4. The molecular formula is C18H15FN4O2. The van der Waals surface area contributed by atoms with Crippen LogP contribution in [0.3, 0.4) is 0 Å². The molecule has 1 N–H and O–H groups in total. The number of methoxy groups -OCH3 is 1. The van der Waals surface area contributed by atoms with Crippen LogP contribution in [0.4, 0.5) is 10.2 Å². The third kappa shape index (κ3) is 4.14. The molecule has 1 aromatic carbocycles. The second-order valence-corrected chi connectivity index (χ2v) is 5.22. The van der Waals surface area contributed by atoms with Crippen molar-refractivity contribution in [2.45, 2.75) is 6.42 Å². The highest BCUT2D eigenvalue weighted by Gasteiger charge is 2.11. The van der Waals surface area contributed by atoms with E-state index >= 15 is 0 Å². The third-order valence-corrected chi connectivity index (χ3v) is 3.46. The fourth-order valence-corrected chi connectivity index (χ4v) is 2.32. The maximum Gasteiger partial charge on any atom is 0.230 e. The first kappa shape index (κ1) is 16.5. The van der Waals surface area contributed by atoms with Gasteiger partial charge in [-0.15, -0.1) is 0 Å². The van der Waals surface area contributed by atoms with E-state index in [1.165, 1.54) is 25.6 Å². The van der Waals surface area contributed by atoms with Crippen molar-refractivity contribution in [3.05, 3.63) is 66.5 Å². The van der Waals surface area contributed by atoms with E-state index in [-0.39, 0.29) is 12.3 Å². The summed E-state index contributed by atoms with van der Waals surface area (Å²) in [7, 11) is 1.45. The highest BCUT2D eigenvalue weighted by molar-refractivity contribution is 5.91. The summed E-state index contributed by atoms with van der Waals surface area (Å²) in [6, 6.07) is 9.36. The molecule has 126 valence electrons. The number of nitrogens with zero attached hydrogens (tertiary/aromatic N) is 3. The zero-order valence-electron chi connectivity index (χ0n) is 13.4. The molecule has 2 aromatic heterocycles. The number of ether oxygens (including phenoxy) is 1. The molecule has 0 aliphatic carbocycles. The number of nitrogens with one attached hydrogen (secondary N) is 1. The van der Waals surface area contributed by atoms with Crippen molar-refractivity contribution in [1.82, 2.24) is 15.0 Å². The van der Waals surface area contributed by atoms with Crippen LogP contribution in [0.25, 0.3) is 11.3 Å². The SMILES string of the molecule is COc1cc(F)ccc1-c1cc(NC(=O)Cc2cccnc2)ncn1. The third-order valence-electron chi connectivity index (χ3n) is 3.46. The summed E-state index contributed by atoms with van der Waals surface area (Å²) < 4.78 is 18.5. The maximum absolute atomic E-state index is 13.3. The summed E-state index contributed by atoms with van der Waals surface area (Å²) in [6.45, 7) is 0. The Bertz CT molecular complexity index is 887. The molecule has 3 rings (SSSR count). The molecule has 3 aromatic rings. The van der Waals surface area contributed by atoms with Gasteiger partial charge >= 0.3 is 0 Å². The van der Waals surface area contributed by atoms with E-state index in [1.54, 1.807) is 30.6 Å². The van der Waals surface area contributed by atoms with Gasteiger partial charge in [0, 0.05) is 30.1 Å². The largest absolute Gasteiger partial charge is 0.496 e. The molecule has 0 saturated heterocycles. The predicted octanol–water partition coefficient (Wildman–Crippen LogP) is 2.87.